The zero-order valence-corrected chi connectivity index (χ0v) is 6.62. The molecule has 0 rings (SSSR count). The molecule has 0 saturated carbocycles. The van der Waals surface area contributed by atoms with Crippen molar-refractivity contribution in [2.75, 3.05) is 7.05 Å². The van der Waals surface area contributed by atoms with Gasteiger partial charge in [0, 0.05) is 7.05 Å². The first kappa shape index (κ1) is 8.69. The Hall–Kier alpha value is -0.310. The van der Waals surface area contributed by atoms with Crippen LogP contribution in [0.5, 0.6) is 0 Å². The van der Waals surface area contributed by atoms with Crippen molar-refractivity contribution in [1.82, 2.24) is 5.32 Å². The third kappa shape index (κ3) is 5.56. The minimum atomic E-state index is 0.434. The van der Waals surface area contributed by atoms with Gasteiger partial charge < -0.3 is 10.1 Å². The van der Waals surface area contributed by atoms with Crippen molar-refractivity contribution in [3.8, 4) is 0 Å². The quantitative estimate of drug-likeness (QED) is 0.481. The summed E-state index contributed by atoms with van der Waals surface area (Å²) in [4.78, 5) is 0. The van der Waals surface area contributed by atoms with Crippen LogP contribution in [-0.2, 0) is 4.74 Å². The van der Waals surface area contributed by atoms with Crippen LogP contribution in [0.25, 0.3) is 0 Å². The second-order valence-corrected chi connectivity index (χ2v) is 1.98. The van der Waals surface area contributed by atoms with E-state index in [1.807, 2.05) is 0 Å². The highest BCUT2D eigenvalue weighted by Gasteiger charge is 1.90. The van der Waals surface area contributed by atoms with Gasteiger partial charge in [-0.2, -0.15) is 0 Å². The summed E-state index contributed by atoms with van der Waals surface area (Å²) in [6, 6.07) is 0. The highest BCUT2D eigenvalue weighted by atomic mass is 32.1. The van der Waals surface area contributed by atoms with Crippen LogP contribution < -0.4 is 5.32 Å². The molecule has 0 aliphatic rings. The third-order valence-corrected chi connectivity index (χ3v) is 1.10. The first-order valence-electron chi connectivity index (χ1n) is 3.01. The Labute approximate surface area is 61.6 Å². The number of unbranched alkanes of at least 4 members (excludes halogenated alkanes) is 1. The van der Waals surface area contributed by atoms with E-state index < -0.39 is 0 Å². The van der Waals surface area contributed by atoms with Crippen molar-refractivity contribution in [1.29, 1.82) is 0 Å². The van der Waals surface area contributed by atoms with Crippen LogP contribution in [0.1, 0.15) is 19.8 Å². The molecule has 3 heteroatoms. The lowest BCUT2D eigenvalue weighted by molar-refractivity contribution is 0.374. The van der Waals surface area contributed by atoms with Crippen LogP contribution in [0, 0.1) is 6.61 Å². The molecular formula is C6H12NOS. The summed E-state index contributed by atoms with van der Waals surface area (Å²) in [5.41, 5.74) is 0. The van der Waals surface area contributed by atoms with Gasteiger partial charge in [-0.3, -0.25) is 0 Å². The van der Waals surface area contributed by atoms with Crippen molar-refractivity contribution in [2.24, 2.45) is 0 Å². The van der Waals surface area contributed by atoms with E-state index in [1.54, 1.807) is 13.7 Å². The maximum Gasteiger partial charge on any atom is 0.256 e. The van der Waals surface area contributed by atoms with Crippen LogP contribution in [0.4, 0.5) is 0 Å². The van der Waals surface area contributed by atoms with Crippen molar-refractivity contribution in [3.05, 3.63) is 6.61 Å². The predicted octanol–water partition coefficient (Wildman–Crippen LogP) is 1.47. The molecule has 0 aromatic carbocycles. The number of thiocarbonyl (C=S) groups is 1. The van der Waals surface area contributed by atoms with Gasteiger partial charge >= 0.3 is 0 Å². The minimum absolute atomic E-state index is 0.434. The van der Waals surface area contributed by atoms with E-state index in [1.165, 1.54) is 0 Å². The van der Waals surface area contributed by atoms with E-state index in [4.69, 9.17) is 17.0 Å². The van der Waals surface area contributed by atoms with Gasteiger partial charge in [-0.15, -0.1) is 0 Å². The van der Waals surface area contributed by atoms with E-state index in [2.05, 4.69) is 12.2 Å². The molecule has 0 heterocycles. The van der Waals surface area contributed by atoms with Crippen molar-refractivity contribution < 1.29 is 4.74 Å². The van der Waals surface area contributed by atoms with Gasteiger partial charge in [0.1, 0.15) is 6.61 Å². The fraction of sp³-hybridized carbons (Fsp3) is 0.667. The highest BCUT2D eigenvalue weighted by molar-refractivity contribution is 7.80. The smallest absolute Gasteiger partial charge is 0.256 e. The third-order valence-electron chi connectivity index (χ3n) is 0.801. The Balaban J connectivity index is 2.97. The molecule has 9 heavy (non-hydrogen) atoms. The summed E-state index contributed by atoms with van der Waals surface area (Å²) < 4.78 is 4.93. The van der Waals surface area contributed by atoms with Crippen LogP contribution in [0.15, 0.2) is 0 Å². The topological polar surface area (TPSA) is 21.3 Å². The second kappa shape index (κ2) is 5.82. The normalized spacial score (nSPS) is 8.67. The number of rotatable bonds is 3. The molecule has 1 radical (unpaired) electrons. The number of hydrogen-bond donors (Lipinski definition) is 1. The first-order chi connectivity index (χ1) is 4.31. The van der Waals surface area contributed by atoms with E-state index in [9.17, 15) is 0 Å². The molecule has 0 unspecified atom stereocenters. The number of hydrogen-bond acceptors (Lipinski definition) is 2. The van der Waals surface area contributed by atoms with Gasteiger partial charge in [-0.05, 0) is 18.6 Å². The molecule has 0 amide bonds. The molecule has 0 fully saturated rings. The summed E-state index contributed by atoms with van der Waals surface area (Å²) in [5, 5.41) is 3.14. The van der Waals surface area contributed by atoms with E-state index >= 15 is 0 Å². The Bertz CT molecular complexity index is 85.1. The molecule has 0 aliphatic heterocycles. The standard InChI is InChI=1S/C6H12NOS/c1-3-4-5-8-6(9)7-2/h5H,3-4H2,1-2H3,(H,7,9). The van der Waals surface area contributed by atoms with Crippen LogP contribution in [0.3, 0.4) is 0 Å². The molecule has 0 aromatic rings. The summed E-state index contributed by atoms with van der Waals surface area (Å²) in [6.07, 6.45) is 2.04. The minimum Gasteiger partial charge on any atom is -0.464 e. The van der Waals surface area contributed by atoms with Crippen molar-refractivity contribution in [2.45, 2.75) is 19.8 Å². The average Bonchev–Trinajstić information content (AvgIpc) is 1.89. The molecule has 0 aromatic heterocycles. The molecule has 1 N–H and O–H groups in total. The number of nitrogens with one attached hydrogen (secondary N) is 1. The zero-order valence-electron chi connectivity index (χ0n) is 5.81. The Kier molecular flexibility index (Phi) is 5.62. The van der Waals surface area contributed by atoms with Crippen molar-refractivity contribution in [3.63, 3.8) is 0 Å². The fourth-order valence-corrected chi connectivity index (χ4v) is 0.379. The van der Waals surface area contributed by atoms with Gasteiger partial charge in [-0.1, -0.05) is 13.3 Å². The van der Waals surface area contributed by atoms with E-state index in [-0.39, 0.29) is 0 Å². The van der Waals surface area contributed by atoms with Gasteiger partial charge in [0.2, 0.25) is 0 Å². The lowest BCUT2D eigenvalue weighted by Gasteiger charge is -2.02. The molecule has 2 nitrogen and oxygen atoms in total. The molecular weight excluding hydrogens is 134 g/mol. The molecule has 0 atom stereocenters. The fourth-order valence-electron chi connectivity index (χ4n) is 0.311. The Morgan fingerprint density at radius 3 is 2.89 bits per heavy atom. The SMILES string of the molecule is CCC[CH]OC(=S)NC. The average molecular weight is 146 g/mol. The van der Waals surface area contributed by atoms with Crippen LogP contribution in [-0.4, -0.2) is 12.2 Å². The molecule has 0 aliphatic carbocycles. The Morgan fingerprint density at radius 1 is 1.78 bits per heavy atom. The molecule has 0 bridgehead atoms. The Morgan fingerprint density at radius 2 is 2.44 bits per heavy atom. The van der Waals surface area contributed by atoms with Gasteiger partial charge in [0.05, 0.1) is 0 Å². The summed E-state index contributed by atoms with van der Waals surface area (Å²) in [7, 11) is 1.74. The lowest BCUT2D eigenvalue weighted by Crippen LogP contribution is -2.17. The zero-order chi connectivity index (χ0) is 7.11. The molecule has 53 valence electrons. The first-order valence-corrected chi connectivity index (χ1v) is 3.42. The molecule has 0 spiro atoms. The second-order valence-electron chi connectivity index (χ2n) is 1.61. The summed E-state index contributed by atoms with van der Waals surface area (Å²) in [6.45, 7) is 3.79. The van der Waals surface area contributed by atoms with Gasteiger partial charge in [-0.25, -0.2) is 0 Å². The highest BCUT2D eigenvalue weighted by Crippen LogP contribution is 1.93. The maximum atomic E-state index is 4.93. The summed E-state index contributed by atoms with van der Waals surface area (Å²) >= 11 is 4.70. The van der Waals surface area contributed by atoms with Crippen molar-refractivity contribution >= 4 is 17.4 Å². The van der Waals surface area contributed by atoms with Gasteiger partial charge in [0.25, 0.3) is 5.17 Å². The van der Waals surface area contributed by atoms with Gasteiger partial charge in [0.15, 0.2) is 0 Å². The maximum absolute atomic E-state index is 4.93. The lowest BCUT2D eigenvalue weighted by atomic mass is 10.4. The molecule has 0 saturated heterocycles. The predicted molar refractivity (Wildman–Crippen MR) is 42.0 cm³/mol. The van der Waals surface area contributed by atoms with E-state index in [0.29, 0.717) is 5.17 Å². The monoisotopic (exact) mass is 146 g/mol. The number of ether oxygens (including phenoxy) is 1. The van der Waals surface area contributed by atoms with E-state index in [0.717, 1.165) is 12.8 Å². The van der Waals surface area contributed by atoms with Crippen LogP contribution in [0.2, 0.25) is 0 Å². The van der Waals surface area contributed by atoms with Crippen LogP contribution >= 0.6 is 12.2 Å². The summed E-state index contributed by atoms with van der Waals surface area (Å²) in [5.74, 6) is 0. The largest absolute Gasteiger partial charge is 0.464 e.